The van der Waals surface area contributed by atoms with E-state index in [9.17, 15) is 28.0 Å². The van der Waals surface area contributed by atoms with Crippen molar-refractivity contribution in [1.29, 1.82) is 5.26 Å². The molecule has 0 saturated heterocycles. The van der Waals surface area contributed by atoms with E-state index in [0.29, 0.717) is 18.5 Å². The van der Waals surface area contributed by atoms with Crippen molar-refractivity contribution in [2.45, 2.75) is 82.9 Å². The Kier molecular flexibility index (Phi) is 11.4. The summed E-state index contributed by atoms with van der Waals surface area (Å²) in [6, 6.07) is 5.45. The number of halogens is 1. The van der Waals surface area contributed by atoms with Crippen LogP contribution in [0.15, 0.2) is 41.7 Å². The molecule has 1 aromatic carbocycles. The summed E-state index contributed by atoms with van der Waals surface area (Å²) in [6.07, 6.45) is 6.76. The quantitative estimate of drug-likeness (QED) is 0.188. The van der Waals surface area contributed by atoms with Gasteiger partial charge >= 0.3 is 6.09 Å². The van der Waals surface area contributed by atoms with Crippen LogP contribution in [-0.2, 0) is 21.3 Å². The molecule has 0 unspecified atom stereocenters. The Labute approximate surface area is 256 Å². The number of alkyl carbamates (subject to hydrolysis) is 1. The van der Waals surface area contributed by atoms with Crippen molar-refractivity contribution in [2.75, 3.05) is 18.4 Å². The van der Waals surface area contributed by atoms with Gasteiger partial charge in [-0.1, -0.05) is 12.8 Å². The van der Waals surface area contributed by atoms with Gasteiger partial charge in [-0.25, -0.2) is 32.3 Å². The number of rotatable bonds is 14. The van der Waals surface area contributed by atoms with E-state index in [1.54, 1.807) is 40.8 Å². The van der Waals surface area contributed by atoms with Gasteiger partial charge in [-0.3, -0.25) is 4.68 Å². The van der Waals surface area contributed by atoms with E-state index in [1.165, 1.54) is 29.2 Å². The van der Waals surface area contributed by atoms with Crippen molar-refractivity contribution in [3.8, 4) is 17.3 Å². The summed E-state index contributed by atoms with van der Waals surface area (Å²) < 4.78 is 49.5. The number of amides is 1. The fourth-order valence-electron chi connectivity index (χ4n) is 4.00. The monoisotopic (exact) mass is 630 g/mol. The average Bonchev–Trinajstić information content (AvgIpc) is 3.36. The number of carbonyl (C=O) groups excluding carboxylic acids is 1. The minimum absolute atomic E-state index is 0.0110. The van der Waals surface area contributed by atoms with Gasteiger partial charge in [0, 0.05) is 24.8 Å². The highest BCUT2D eigenvalue weighted by Crippen LogP contribution is 2.25. The zero-order valence-corrected chi connectivity index (χ0v) is 26.3. The molecule has 238 valence electrons. The van der Waals surface area contributed by atoms with Gasteiger partial charge in [0.05, 0.1) is 46.4 Å². The molecule has 0 aliphatic heterocycles. The number of ether oxygens (including phenoxy) is 1. The van der Waals surface area contributed by atoms with Crippen LogP contribution in [0.1, 0.15) is 65.9 Å². The highest BCUT2D eigenvalue weighted by Gasteiger charge is 2.19. The van der Waals surface area contributed by atoms with Crippen LogP contribution in [0.3, 0.4) is 0 Å². The maximum atomic E-state index is 15.0. The summed E-state index contributed by atoms with van der Waals surface area (Å²) in [5, 5.41) is 29.2. The molecule has 0 fully saturated rings. The standard InChI is InChI=1S/C29H39FN8O5S/c1-28(2,3)43-27(39)32-12-8-6-7-9-13-35-44(41,42)22-10-11-24(23(30)14-22)36-26-33-16-20(15-31)25(37-26)21-17-34-38(18-21)19-29(4,5)40/h10-11,14,16-18,35,40H,6-9,12-13,19H2,1-5H3,(H,32,39)(H,33,36,37). The molecule has 3 aromatic rings. The molecular weight excluding hydrogens is 591 g/mol. The van der Waals surface area contributed by atoms with E-state index >= 15 is 0 Å². The maximum absolute atomic E-state index is 15.0. The lowest BCUT2D eigenvalue weighted by atomic mass is 10.1. The molecule has 0 aliphatic rings. The largest absolute Gasteiger partial charge is 0.444 e. The number of hydrogen-bond donors (Lipinski definition) is 4. The molecule has 0 aliphatic carbocycles. The Morgan fingerprint density at radius 3 is 2.45 bits per heavy atom. The first-order chi connectivity index (χ1) is 20.6. The number of nitriles is 1. The minimum Gasteiger partial charge on any atom is -0.444 e. The Morgan fingerprint density at radius 2 is 1.82 bits per heavy atom. The summed E-state index contributed by atoms with van der Waals surface area (Å²) in [6.45, 7) is 9.50. The summed E-state index contributed by atoms with van der Waals surface area (Å²) >= 11 is 0. The van der Waals surface area contributed by atoms with Gasteiger partial charge < -0.3 is 20.5 Å². The third-order valence-corrected chi connectivity index (χ3v) is 7.38. The number of sulfonamides is 1. The van der Waals surface area contributed by atoms with E-state index in [4.69, 9.17) is 4.74 Å². The number of hydrogen-bond acceptors (Lipinski definition) is 10. The molecule has 2 aromatic heterocycles. The molecule has 0 saturated carbocycles. The van der Waals surface area contributed by atoms with Crippen molar-refractivity contribution in [3.63, 3.8) is 0 Å². The first-order valence-electron chi connectivity index (χ1n) is 14.1. The first-order valence-corrected chi connectivity index (χ1v) is 15.6. The van der Waals surface area contributed by atoms with Crippen molar-refractivity contribution < 1.29 is 27.4 Å². The number of carbonyl (C=O) groups is 1. The Hall–Kier alpha value is -4.13. The van der Waals surface area contributed by atoms with E-state index < -0.39 is 33.1 Å². The van der Waals surface area contributed by atoms with Gasteiger partial charge in [0.1, 0.15) is 17.5 Å². The van der Waals surface area contributed by atoms with Crippen molar-refractivity contribution in [2.24, 2.45) is 0 Å². The van der Waals surface area contributed by atoms with Crippen LogP contribution in [0.5, 0.6) is 0 Å². The molecule has 1 amide bonds. The predicted molar refractivity (Wildman–Crippen MR) is 162 cm³/mol. The molecule has 0 spiro atoms. The smallest absolute Gasteiger partial charge is 0.407 e. The summed E-state index contributed by atoms with van der Waals surface area (Å²) in [5.41, 5.74) is -0.690. The van der Waals surface area contributed by atoms with Crippen LogP contribution in [0.4, 0.5) is 20.8 Å². The highest BCUT2D eigenvalue weighted by atomic mass is 32.2. The van der Waals surface area contributed by atoms with Crippen LogP contribution in [0.2, 0.25) is 0 Å². The van der Waals surface area contributed by atoms with E-state index in [2.05, 4.69) is 30.4 Å². The van der Waals surface area contributed by atoms with Crippen molar-refractivity contribution in [1.82, 2.24) is 29.8 Å². The fraction of sp³-hybridized carbons (Fsp3) is 0.483. The third kappa shape index (κ3) is 10.9. The highest BCUT2D eigenvalue weighted by molar-refractivity contribution is 7.89. The Balaban J connectivity index is 1.54. The average molecular weight is 631 g/mol. The number of benzene rings is 1. The van der Waals surface area contributed by atoms with Crippen molar-refractivity contribution in [3.05, 3.63) is 48.2 Å². The molecule has 3 rings (SSSR count). The number of aromatic nitrogens is 4. The van der Waals surface area contributed by atoms with Crippen molar-refractivity contribution >= 4 is 27.8 Å². The van der Waals surface area contributed by atoms with E-state index in [0.717, 1.165) is 25.3 Å². The third-order valence-electron chi connectivity index (χ3n) is 5.93. The molecular formula is C29H39FN8O5S. The molecule has 0 radical (unpaired) electrons. The summed E-state index contributed by atoms with van der Waals surface area (Å²) in [5.74, 6) is -0.846. The van der Waals surface area contributed by atoms with Crippen LogP contribution < -0.4 is 15.4 Å². The second-order valence-corrected chi connectivity index (χ2v) is 13.6. The fourth-order valence-corrected chi connectivity index (χ4v) is 5.08. The molecule has 44 heavy (non-hydrogen) atoms. The summed E-state index contributed by atoms with van der Waals surface area (Å²) in [7, 11) is -3.95. The van der Waals surface area contributed by atoms with E-state index in [-0.39, 0.29) is 40.9 Å². The number of anilines is 2. The zero-order chi connectivity index (χ0) is 32.5. The molecule has 0 bridgehead atoms. The lowest BCUT2D eigenvalue weighted by Crippen LogP contribution is -2.33. The normalized spacial score (nSPS) is 12.0. The van der Waals surface area contributed by atoms with Crippen LogP contribution in [0.25, 0.3) is 11.3 Å². The molecule has 2 heterocycles. The van der Waals surface area contributed by atoms with Gasteiger partial charge in [-0.2, -0.15) is 10.4 Å². The minimum atomic E-state index is -3.95. The number of nitrogens with one attached hydrogen (secondary N) is 3. The van der Waals surface area contributed by atoms with Gasteiger partial charge in [-0.05, 0) is 65.7 Å². The second kappa shape index (κ2) is 14.6. The molecule has 0 atom stereocenters. The van der Waals surface area contributed by atoms with Gasteiger partial charge in [0.25, 0.3) is 0 Å². The molecule has 13 nitrogen and oxygen atoms in total. The topological polar surface area (TPSA) is 184 Å². The maximum Gasteiger partial charge on any atom is 0.407 e. The van der Waals surface area contributed by atoms with E-state index in [1.807, 2.05) is 6.07 Å². The predicted octanol–water partition coefficient (Wildman–Crippen LogP) is 4.23. The lowest BCUT2D eigenvalue weighted by molar-refractivity contribution is 0.0525. The molecule has 15 heteroatoms. The SMILES string of the molecule is CC(C)(O)Cn1cc(-c2nc(Nc3ccc(S(=O)(=O)NCCCCCCNC(=O)OC(C)(C)C)cc3F)ncc2C#N)cn1. The number of unbranched alkanes of at least 4 members (excludes halogenated alkanes) is 3. The summed E-state index contributed by atoms with van der Waals surface area (Å²) in [4.78, 5) is 19.8. The Bertz CT molecular complexity index is 1590. The number of nitrogens with zero attached hydrogens (tertiary/aromatic N) is 5. The van der Waals surface area contributed by atoms with Crippen LogP contribution >= 0.6 is 0 Å². The first kappa shape index (κ1) is 34.4. The number of aliphatic hydroxyl groups is 1. The second-order valence-electron chi connectivity index (χ2n) is 11.8. The van der Waals surface area contributed by atoms with Gasteiger partial charge in [0.2, 0.25) is 16.0 Å². The Morgan fingerprint density at radius 1 is 1.11 bits per heavy atom. The van der Waals surface area contributed by atoms with Crippen LogP contribution in [-0.4, -0.2) is 63.7 Å². The zero-order valence-electron chi connectivity index (χ0n) is 25.5. The van der Waals surface area contributed by atoms with Crippen LogP contribution in [0, 0.1) is 17.1 Å². The lowest BCUT2D eigenvalue weighted by Gasteiger charge is -2.19. The van der Waals surface area contributed by atoms with Gasteiger partial charge in [0.15, 0.2) is 0 Å². The molecule has 4 N–H and O–H groups in total. The van der Waals surface area contributed by atoms with Gasteiger partial charge in [-0.15, -0.1) is 0 Å².